The number of halogens is 7. The fourth-order valence-corrected chi connectivity index (χ4v) is 3.01. The van der Waals surface area contributed by atoms with Crippen LogP contribution in [0.15, 0.2) is 54.6 Å². The fourth-order valence-electron chi connectivity index (χ4n) is 3.01. The summed E-state index contributed by atoms with van der Waals surface area (Å²) in [4.78, 5) is 0. The molecule has 0 aliphatic carbocycles. The molecule has 156 valence electrons. The molecular formula is C23H15F7. The lowest BCUT2D eigenvalue weighted by Gasteiger charge is -2.11. The Morgan fingerprint density at radius 2 is 1.20 bits per heavy atom. The Kier molecular flexibility index (Phi) is 6.01. The second-order valence-corrected chi connectivity index (χ2v) is 6.59. The summed E-state index contributed by atoms with van der Waals surface area (Å²) in [5, 5.41) is 0. The van der Waals surface area contributed by atoms with Crippen molar-refractivity contribution in [2.24, 2.45) is 0 Å². The van der Waals surface area contributed by atoms with Crippen LogP contribution in [0.4, 0.5) is 30.7 Å². The molecule has 3 rings (SSSR count). The van der Waals surface area contributed by atoms with Crippen LogP contribution in [-0.2, 0) is 6.42 Å². The molecule has 3 aromatic rings. The molecule has 0 heterocycles. The normalized spacial score (nSPS) is 12.0. The molecule has 0 aliphatic heterocycles. The highest BCUT2D eigenvalue weighted by molar-refractivity contribution is 5.73. The van der Waals surface area contributed by atoms with Crippen molar-refractivity contribution in [1.29, 1.82) is 0 Å². The molecule has 0 saturated heterocycles. The quantitative estimate of drug-likeness (QED) is 0.376. The molecule has 0 saturated carbocycles. The third kappa shape index (κ3) is 4.72. The van der Waals surface area contributed by atoms with E-state index in [2.05, 4.69) is 0 Å². The maximum Gasteiger partial charge on any atom is 0.409 e. The molecule has 0 atom stereocenters. The number of rotatable bonds is 4. The average molecular weight is 424 g/mol. The second kappa shape index (κ2) is 8.34. The summed E-state index contributed by atoms with van der Waals surface area (Å²) in [5.74, 6) is -4.85. The zero-order valence-electron chi connectivity index (χ0n) is 15.6. The van der Waals surface area contributed by atoms with E-state index >= 15 is 0 Å². The van der Waals surface area contributed by atoms with Crippen LogP contribution in [0, 0.1) is 23.3 Å². The number of aryl methyl sites for hydroxylation is 1. The van der Waals surface area contributed by atoms with Crippen molar-refractivity contribution in [3.63, 3.8) is 0 Å². The lowest BCUT2D eigenvalue weighted by Crippen LogP contribution is -2.01. The minimum atomic E-state index is -4.76. The summed E-state index contributed by atoms with van der Waals surface area (Å²) in [6.07, 6.45) is -4.06. The van der Waals surface area contributed by atoms with Crippen LogP contribution in [0.25, 0.3) is 28.3 Å². The van der Waals surface area contributed by atoms with Gasteiger partial charge in [0, 0.05) is 11.6 Å². The summed E-state index contributed by atoms with van der Waals surface area (Å²) in [7, 11) is 0. The van der Waals surface area contributed by atoms with Gasteiger partial charge >= 0.3 is 6.18 Å². The van der Waals surface area contributed by atoms with Gasteiger partial charge in [-0.3, -0.25) is 0 Å². The molecule has 3 aromatic carbocycles. The highest BCUT2D eigenvalue weighted by Gasteiger charge is 2.23. The summed E-state index contributed by atoms with van der Waals surface area (Å²) in [6.45, 7) is 1.96. The predicted octanol–water partition coefficient (Wildman–Crippen LogP) is 7.71. The summed E-state index contributed by atoms with van der Waals surface area (Å²) in [6, 6.07) is 10.3. The summed E-state index contributed by atoms with van der Waals surface area (Å²) < 4.78 is 94.3. The van der Waals surface area contributed by atoms with Crippen molar-refractivity contribution in [3.8, 4) is 22.3 Å². The largest absolute Gasteiger partial charge is 0.409 e. The van der Waals surface area contributed by atoms with Gasteiger partial charge in [0.05, 0.1) is 5.56 Å². The van der Waals surface area contributed by atoms with Crippen LogP contribution in [0.5, 0.6) is 0 Å². The smallest absolute Gasteiger partial charge is 0.206 e. The monoisotopic (exact) mass is 424 g/mol. The van der Waals surface area contributed by atoms with Crippen molar-refractivity contribution >= 4 is 6.08 Å². The fraction of sp³-hybridized carbons (Fsp3) is 0.130. The lowest BCUT2D eigenvalue weighted by atomic mass is 9.97. The van der Waals surface area contributed by atoms with Crippen LogP contribution in [-0.4, -0.2) is 6.18 Å². The molecule has 0 amide bonds. The van der Waals surface area contributed by atoms with Crippen molar-refractivity contribution in [3.05, 3.63) is 89.0 Å². The molecule has 0 spiro atoms. The molecule has 0 aromatic heterocycles. The number of hydrogen-bond donors (Lipinski definition) is 0. The molecule has 0 fully saturated rings. The Balaban J connectivity index is 2.02. The zero-order valence-corrected chi connectivity index (χ0v) is 15.6. The van der Waals surface area contributed by atoms with Crippen LogP contribution >= 0.6 is 0 Å². The van der Waals surface area contributed by atoms with Crippen LogP contribution in [0.1, 0.15) is 18.1 Å². The van der Waals surface area contributed by atoms with Gasteiger partial charge in [0.1, 0.15) is 23.3 Å². The van der Waals surface area contributed by atoms with Gasteiger partial charge in [-0.25, -0.2) is 17.6 Å². The van der Waals surface area contributed by atoms with Gasteiger partial charge < -0.3 is 0 Å². The van der Waals surface area contributed by atoms with E-state index in [1.807, 2.05) is 19.1 Å². The van der Waals surface area contributed by atoms with E-state index in [-0.39, 0.29) is 17.7 Å². The third-order valence-electron chi connectivity index (χ3n) is 4.54. The maximum absolute atomic E-state index is 14.6. The van der Waals surface area contributed by atoms with E-state index in [0.29, 0.717) is 17.7 Å². The average Bonchev–Trinajstić information content (AvgIpc) is 2.66. The SMILES string of the molecule is CCc1ccc(-c2cc(F)c(-c3cc(F)c(/C=C/C(F)(F)F)c(F)c3)c(F)c2)cc1. The molecule has 0 N–H and O–H groups in total. The van der Waals surface area contributed by atoms with Crippen molar-refractivity contribution < 1.29 is 30.7 Å². The molecule has 0 aliphatic rings. The highest BCUT2D eigenvalue weighted by atomic mass is 19.4. The Labute approximate surface area is 168 Å². The van der Waals surface area contributed by atoms with Gasteiger partial charge in [-0.2, -0.15) is 13.2 Å². The molecule has 0 radical (unpaired) electrons. The van der Waals surface area contributed by atoms with Gasteiger partial charge in [0.15, 0.2) is 0 Å². The zero-order chi connectivity index (χ0) is 22.1. The Hall–Kier alpha value is -3.09. The molecule has 30 heavy (non-hydrogen) atoms. The maximum atomic E-state index is 14.6. The first-order valence-electron chi connectivity index (χ1n) is 8.92. The van der Waals surface area contributed by atoms with E-state index in [4.69, 9.17) is 0 Å². The Morgan fingerprint density at radius 1 is 0.700 bits per heavy atom. The first-order chi connectivity index (χ1) is 14.1. The minimum Gasteiger partial charge on any atom is -0.206 e. The van der Waals surface area contributed by atoms with Crippen LogP contribution in [0.2, 0.25) is 0 Å². The van der Waals surface area contributed by atoms with Crippen molar-refractivity contribution in [1.82, 2.24) is 0 Å². The van der Waals surface area contributed by atoms with Gasteiger partial charge in [-0.15, -0.1) is 0 Å². The molecule has 0 bridgehead atoms. The lowest BCUT2D eigenvalue weighted by molar-refractivity contribution is -0.0790. The second-order valence-electron chi connectivity index (χ2n) is 6.59. The van der Waals surface area contributed by atoms with Gasteiger partial charge in [0.25, 0.3) is 0 Å². The third-order valence-corrected chi connectivity index (χ3v) is 4.54. The summed E-state index contributed by atoms with van der Waals surface area (Å²) in [5.41, 5.74) is -0.250. The number of alkyl halides is 3. The van der Waals surface area contributed by atoms with Crippen molar-refractivity contribution in [2.45, 2.75) is 19.5 Å². The Bertz CT molecular complexity index is 1050. The molecule has 0 unspecified atom stereocenters. The van der Waals surface area contributed by atoms with E-state index in [1.54, 1.807) is 12.1 Å². The number of hydrogen-bond acceptors (Lipinski definition) is 0. The van der Waals surface area contributed by atoms with Crippen LogP contribution in [0.3, 0.4) is 0 Å². The van der Waals surface area contributed by atoms with Crippen LogP contribution < -0.4 is 0 Å². The number of allylic oxidation sites excluding steroid dienone is 1. The van der Waals surface area contributed by atoms with E-state index < -0.39 is 46.1 Å². The van der Waals surface area contributed by atoms with Gasteiger partial charge in [0.2, 0.25) is 0 Å². The van der Waals surface area contributed by atoms with E-state index in [9.17, 15) is 30.7 Å². The van der Waals surface area contributed by atoms with Gasteiger partial charge in [-0.05, 0) is 59.0 Å². The predicted molar refractivity (Wildman–Crippen MR) is 102 cm³/mol. The van der Waals surface area contributed by atoms with E-state index in [1.165, 1.54) is 0 Å². The number of benzene rings is 3. The Morgan fingerprint density at radius 3 is 1.67 bits per heavy atom. The highest BCUT2D eigenvalue weighted by Crippen LogP contribution is 2.33. The topological polar surface area (TPSA) is 0 Å². The molecule has 7 heteroatoms. The van der Waals surface area contributed by atoms with Gasteiger partial charge in [-0.1, -0.05) is 31.2 Å². The minimum absolute atomic E-state index is 0.226. The molecule has 0 nitrogen and oxygen atoms in total. The van der Waals surface area contributed by atoms with Crippen molar-refractivity contribution in [2.75, 3.05) is 0 Å². The molecular weight excluding hydrogens is 409 g/mol. The first-order valence-corrected chi connectivity index (χ1v) is 8.92. The van der Waals surface area contributed by atoms with E-state index in [0.717, 1.165) is 24.1 Å². The summed E-state index contributed by atoms with van der Waals surface area (Å²) >= 11 is 0. The first kappa shape index (κ1) is 21.6. The standard InChI is InChI=1S/C23H15F7/c1-2-13-3-5-14(6-4-13)15-9-20(26)22(21(27)10-15)16-11-18(24)17(19(25)12-16)7-8-23(28,29)30/h3-12H,2H2,1H3/b8-7+.